The summed E-state index contributed by atoms with van der Waals surface area (Å²) >= 11 is 9.91. The van der Waals surface area contributed by atoms with Gasteiger partial charge in [0.15, 0.2) is 0 Å². The zero-order chi connectivity index (χ0) is 31.6. The average molecular weight is 727 g/mol. The molecule has 0 bridgehead atoms. The van der Waals surface area contributed by atoms with E-state index in [1.165, 1.54) is 0 Å². The zero-order valence-electron chi connectivity index (χ0n) is 24.5. The van der Waals surface area contributed by atoms with Gasteiger partial charge >= 0.3 is 0 Å². The summed E-state index contributed by atoms with van der Waals surface area (Å²) in [7, 11) is 0. The van der Waals surface area contributed by atoms with Crippen molar-refractivity contribution in [2.24, 2.45) is 0 Å². The molecule has 0 aliphatic rings. The van der Waals surface area contributed by atoms with Gasteiger partial charge in [-0.3, -0.25) is 0 Å². The first-order chi connectivity index (χ1) is 23.8. The standard InChI is InChI=1S/C36H18N6S6/c1-7-19(43-13-1)25-26(20-8-2-14-44-20)38-32-31(37-25)33-35(41-28(22-10-4-16-46-22)27(39-33)21-9-3-15-45-21)36-34(32)40-29(23-11-5-17-47-23)30(42-36)24-12-6-18-48-24/h1-18H. The van der Waals surface area contributed by atoms with Gasteiger partial charge in [-0.25, -0.2) is 29.9 Å². The van der Waals surface area contributed by atoms with Crippen LogP contribution in [0.1, 0.15) is 0 Å². The van der Waals surface area contributed by atoms with Crippen LogP contribution in [0.5, 0.6) is 0 Å². The van der Waals surface area contributed by atoms with Crippen molar-refractivity contribution < 1.29 is 0 Å². The molecule has 0 saturated carbocycles. The van der Waals surface area contributed by atoms with Crippen molar-refractivity contribution in [2.45, 2.75) is 0 Å². The summed E-state index contributed by atoms with van der Waals surface area (Å²) in [4.78, 5) is 38.8. The molecule has 0 atom stereocenters. The smallest absolute Gasteiger partial charge is 0.120 e. The molecule has 0 unspecified atom stereocenters. The Kier molecular flexibility index (Phi) is 6.85. The van der Waals surface area contributed by atoms with Crippen molar-refractivity contribution in [1.82, 2.24) is 29.9 Å². The van der Waals surface area contributed by atoms with Gasteiger partial charge in [-0.1, -0.05) is 36.4 Å². The van der Waals surface area contributed by atoms with Crippen molar-refractivity contribution in [3.05, 3.63) is 105 Å². The van der Waals surface area contributed by atoms with E-state index in [9.17, 15) is 0 Å². The zero-order valence-corrected chi connectivity index (χ0v) is 29.4. The maximum Gasteiger partial charge on any atom is 0.120 e. The average Bonchev–Trinajstić information content (AvgIpc) is 3.99. The van der Waals surface area contributed by atoms with Gasteiger partial charge < -0.3 is 0 Å². The number of hydrogen-bond acceptors (Lipinski definition) is 12. The highest BCUT2D eigenvalue weighted by molar-refractivity contribution is 7.15. The Bertz CT molecular complexity index is 2180. The fourth-order valence-electron chi connectivity index (χ4n) is 5.81. The fourth-order valence-corrected chi connectivity index (χ4v) is 10.1. The summed E-state index contributed by atoms with van der Waals surface area (Å²) in [5.74, 6) is 0. The molecule has 0 fully saturated rings. The number of aromatic nitrogens is 6. The highest BCUT2D eigenvalue weighted by Crippen LogP contribution is 2.44. The minimum atomic E-state index is 0.666. The Morgan fingerprint density at radius 3 is 0.542 bits per heavy atom. The van der Waals surface area contributed by atoms with E-state index >= 15 is 0 Å². The van der Waals surface area contributed by atoms with Crippen LogP contribution < -0.4 is 0 Å². The van der Waals surface area contributed by atoms with Gasteiger partial charge in [-0.15, -0.1) is 68.0 Å². The lowest BCUT2D eigenvalue weighted by molar-refractivity contribution is 1.26. The first kappa shape index (κ1) is 28.5. The van der Waals surface area contributed by atoms with Gasteiger partial charge in [-0.05, 0) is 68.7 Å². The van der Waals surface area contributed by atoms with Gasteiger partial charge in [-0.2, -0.15) is 0 Å². The van der Waals surface area contributed by atoms with Gasteiger partial charge in [0.2, 0.25) is 0 Å². The Morgan fingerprint density at radius 2 is 0.417 bits per heavy atom. The number of rotatable bonds is 6. The van der Waals surface area contributed by atoms with Crippen LogP contribution in [0, 0.1) is 0 Å². The molecular weight excluding hydrogens is 709 g/mol. The SMILES string of the molecule is c1csc(-c2nc3c4nc(-c5cccs5)c(-c5cccs5)nc4c4nc(-c5cccs5)c(-c5cccs5)nc4c3nc2-c2cccs2)c1. The molecule has 9 heterocycles. The predicted octanol–water partition coefficient (Wildman–Crippen LogP) is 11.9. The van der Waals surface area contributed by atoms with Crippen LogP contribution in [0.15, 0.2) is 105 Å². The Morgan fingerprint density at radius 1 is 0.250 bits per heavy atom. The monoisotopic (exact) mass is 726 g/mol. The summed E-state index contributed by atoms with van der Waals surface area (Å²) in [6.07, 6.45) is 0. The maximum absolute atomic E-state index is 5.43. The largest absolute Gasteiger partial charge is 0.240 e. The molecule has 0 radical (unpaired) electrons. The van der Waals surface area contributed by atoms with E-state index in [0.717, 1.165) is 63.4 Å². The number of fused-ring (bicyclic) bond motifs is 6. The van der Waals surface area contributed by atoms with E-state index in [4.69, 9.17) is 29.9 Å². The second-order valence-corrected chi connectivity index (χ2v) is 16.4. The lowest BCUT2D eigenvalue weighted by Gasteiger charge is -2.15. The van der Waals surface area contributed by atoms with Crippen LogP contribution in [-0.4, -0.2) is 29.9 Å². The van der Waals surface area contributed by atoms with Crippen LogP contribution in [0.25, 0.3) is 96.5 Å². The quantitative estimate of drug-likeness (QED) is 0.159. The second kappa shape index (κ2) is 11.5. The molecule has 0 saturated heterocycles. The molecule has 10 aromatic rings. The summed E-state index contributed by atoms with van der Waals surface area (Å²) < 4.78 is 0. The predicted molar refractivity (Wildman–Crippen MR) is 206 cm³/mol. The van der Waals surface area contributed by atoms with Crippen LogP contribution >= 0.6 is 68.0 Å². The van der Waals surface area contributed by atoms with Crippen molar-refractivity contribution in [1.29, 1.82) is 0 Å². The summed E-state index contributed by atoms with van der Waals surface area (Å²) in [6, 6.07) is 24.9. The van der Waals surface area contributed by atoms with E-state index in [1.54, 1.807) is 68.0 Å². The molecule has 48 heavy (non-hydrogen) atoms. The van der Waals surface area contributed by atoms with Gasteiger partial charge in [0, 0.05) is 0 Å². The molecule has 0 N–H and O–H groups in total. The third-order valence-corrected chi connectivity index (χ3v) is 13.1. The highest BCUT2D eigenvalue weighted by Gasteiger charge is 2.26. The van der Waals surface area contributed by atoms with Crippen LogP contribution in [0.3, 0.4) is 0 Å². The van der Waals surface area contributed by atoms with E-state index in [-0.39, 0.29) is 0 Å². The Labute approximate surface area is 297 Å². The minimum Gasteiger partial charge on any atom is -0.240 e. The van der Waals surface area contributed by atoms with E-state index in [2.05, 4.69) is 105 Å². The van der Waals surface area contributed by atoms with Crippen LogP contribution in [0.4, 0.5) is 0 Å². The van der Waals surface area contributed by atoms with Gasteiger partial charge in [0.05, 0.1) is 29.3 Å². The first-order valence-electron chi connectivity index (χ1n) is 14.8. The minimum absolute atomic E-state index is 0.666. The summed E-state index contributed by atoms with van der Waals surface area (Å²) in [6.45, 7) is 0. The van der Waals surface area contributed by atoms with E-state index in [0.29, 0.717) is 33.1 Å². The van der Waals surface area contributed by atoms with Crippen LogP contribution in [0.2, 0.25) is 0 Å². The van der Waals surface area contributed by atoms with Crippen molar-refractivity contribution in [2.75, 3.05) is 0 Å². The van der Waals surface area contributed by atoms with Crippen molar-refractivity contribution in [3.8, 4) is 63.4 Å². The number of benzene rings is 1. The molecular formula is C36H18N6S6. The van der Waals surface area contributed by atoms with Crippen molar-refractivity contribution >= 4 is 101 Å². The van der Waals surface area contributed by atoms with Crippen molar-refractivity contribution in [3.63, 3.8) is 0 Å². The molecule has 6 nitrogen and oxygen atoms in total. The van der Waals surface area contributed by atoms with E-state index in [1.807, 2.05) is 0 Å². The third-order valence-electron chi connectivity index (χ3n) is 7.89. The fraction of sp³-hybridized carbons (Fsp3) is 0. The molecule has 0 aliphatic carbocycles. The number of nitrogens with zero attached hydrogens (tertiary/aromatic N) is 6. The molecule has 0 spiro atoms. The van der Waals surface area contributed by atoms with E-state index < -0.39 is 0 Å². The molecule has 1 aromatic carbocycles. The second-order valence-electron chi connectivity index (χ2n) is 10.7. The summed E-state index contributed by atoms with van der Waals surface area (Å²) in [5.41, 5.74) is 8.94. The van der Waals surface area contributed by atoms with Gasteiger partial charge in [0.25, 0.3) is 0 Å². The first-order valence-corrected chi connectivity index (χ1v) is 20.1. The molecule has 0 aliphatic heterocycles. The molecule has 0 amide bonds. The normalized spacial score (nSPS) is 11.8. The lowest BCUT2D eigenvalue weighted by atomic mass is 10.1. The number of hydrogen-bond donors (Lipinski definition) is 0. The third kappa shape index (κ3) is 4.60. The molecule has 228 valence electrons. The molecule has 10 rings (SSSR count). The maximum atomic E-state index is 5.43. The van der Waals surface area contributed by atoms with Crippen LogP contribution in [-0.2, 0) is 0 Å². The lowest BCUT2D eigenvalue weighted by Crippen LogP contribution is -2.03. The Hall–Kier alpha value is -4.56. The summed E-state index contributed by atoms with van der Waals surface area (Å²) in [5, 5.41) is 12.4. The van der Waals surface area contributed by atoms with Gasteiger partial charge in [0.1, 0.15) is 67.3 Å². The molecule has 12 heteroatoms. The highest BCUT2D eigenvalue weighted by atomic mass is 32.1. The molecule has 9 aromatic heterocycles. The topological polar surface area (TPSA) is 77.3 Å². The Balaban J connectivity index is 1.42. The number of thiophene rings is 6.